The number of rotatable bonds is 6. The number of piperidine rings is 1. The van der Waals surface area contributed by atoms with Gasteiger partial charge in [-0.05, 0) is 31.7 Å². The summed E-state index contributed by atoms with van der Waals surface area (Å²) in [6.45, 7) is 0.383. The zero-order chi connectivity index (χ0) is 16.2. The third-order valence-electron chi connectivity index (χ3n) is 4.61. The van der Waals surface area contributed by atoms with Crippen molar-refractivity contribution in [3.05, 3.63) is 34.4 Å². The van der Waals surface area contributed by atoms with Crippen LogP contribution in [0.15, 0.2) is 24.3 Å². The van der Waals surface area contributed by atoms with Gasteiger partial charge in [-0.2, -0.15) is 0 Å². The molecule has 2 aliphatic heterocycles. The molecule has 0 aromatic heterocycles. The van der Waals surface area contributed by atoms with E-state index < -0.39 is 4.92 Å². The molecule has 0 saturated carbocycles. The fraction of sp³-hybridized carbons (Fsp3) is 0.562. The van der Waals surface area contributed by atoms with Gasteiger partial charge in [0.05, 0.1) is 4.92 Å². The van der Waals surface area contributed by atoms with Gasteiger partial charge in [0, 0.05) is 37.2 Å². The Morgan fingerprint density at radius 1 is 1.26 bits per heavy atom. The van der Waals surface area contributed by atoms with Crippen molar-refractivity contribution in [2.24, 2.45) is 0 Å². The number of para-hydroxylation sites is 2. The van der Waals surface area contributed by atoms with E-state index in [1.54, 1.807) is 18.2 Å². The lowest BCUT2D eigenvalue weighted by atomic mass is 10.00. The Kier molecular flexibility index (Phi) is 4.76. The lowest BCUT2D eigenvalue weighted by Crippen LogP contribution is -2.48. The summed E-state index contributed by atoms with van der Waals surface area (Å²) in [5.41, 5.74) is 0.480. The predicted octanol–water partition coefficient (Wildman–Crippen LogP) is 1.80. The standard InChI is InChI=1S/C16H22N4O3/c21-16(19-13-9-11-5-6-12(10-13)18-11)7-8-17-14-3-1-2-4-15(14)20(22)23/h1-4,11-13,17-18H,5-10H2,(H,19,21). The highest BCUT2D eigenvalue weighted by molar-refractivity contribution is 5.77. The maximum absolute atomic E-state index is 12.0. The van der Waals surface area contributed by atoms with Crippen molar-refractivity contribution in [3.8, 4) is 0 Å². The first-order valence-electron chi connectivity index (χ1n) is 8.14. The molecule has 2 saturated heterocycles. The Labute approximate surface area is 135 Å². The summed E-state index contributed by atoms with van der Waals surface area (Å²) in [7, 11) is 0. The van der Waals surface area contributed by atoms with Gasteiger partial charge >= 0.3 is 0 Å². The van der Waals surface area contributed by atoms with Crippen LogP contribution in [0.25, 0.3) is 0 Å². The minimum Gasteiger partial charge on any atom is -0.379 e. The number of benzene rings is 1. The molecule has 7 heteroatoms. The van der Waals surface area contributed by atoms with Crippen molar-refractivity contribution < 1.29 is 9.72 Å². The number of nitrogens with one attached hydrogen (secondary N) is 3. The SMILES string of the molecule is O=C(CCNc1ccccc1[N+](=O)[O-])NC1CC2CCC(C1)N2. The number of hydrogen-bond donors (Lipinski definition) is 3. The predicted molar refractivity (Wildman–Crippen MR) is 87.3 cm³/mol. The van der Waals surface area contributed by atoms with Gasteiger partial charge in [0.25, 0.3) is 5.69 Å². The van der Waals surface area contributed by atoms with Gasteiger partial charge in [0.15, 0.2) is 0 Å². The number of anilines is 1. The smallest absolute Gasteiger partial charge is 0.292 e. The molecule has 2 heterocycles. The summed E-state index contributed by atoms with van der Waals surface area (Å²) < 4.78 is 0. The average Bonchev–Trinajstić information content (AvgIpc) is 2.86. The molecule has 2 aliphatic rings. The monoisotopic (exact) mass is 318 g/mol. The molecule has 2 bridgehead atoms. The molecule has 2 fully saturated rings. The number of fused-ring (bicyclic) bond motifs is 2. The molecular formula is C16H22N4O3. The van der Waals surface area contributed by atoms with Gasteiger partial charge < -0.3 is 16.0 Å². The molecule has 0 aliphatic carbocycles. The van der Waals surface area contributed by atoms with E-state index in [1.807, 2.05) is 0 Å². The molecule has 1 aromatic rings. The second-order valence-electron chi connectivity index (χ2n) is 6.32. The third-order valence-corrected chi connectivity index (χ3v) is 4.61. The van der Waals surface area contributed by atoms with Gasteiger partial charge in [-0.15, -0.1) is 0 Å². The first-order chi connectivity index (χ1) is 11.1. The van der Waals surface area contributed by atoms with E-state index in [0.29, 0.717) is 30.7 Å². The van der Waals surface area contributed by atoms with Crippen LogP contribution < -0.4 is 16.0 Å². The van der Waals surface area contributed by atoms with Crippen LogP contribution in [0.1, 0.15) is 32.1 Å². The lowest BCUT2D eigenvalue weighted by molar-refractivity contribution is -0.384. The minimum atomic E-state index is -0.423. The number of amides is 1. The largest absolute Gasteiger partial charge is 0.379 e. The molecule has 124 valence electrons. The average molecular weight is 318 g/mol. The highest BCUT2D eigenvalue weighted by atomic mass is 16.6. The summed E-state index contributed by atoms with van der Waals surface area (Å²) in [6, 6.07) is 7.82. The van der Waals surface area contributed by atoms with E-state index in [1.165, 1.54) is 18.9 Å². The fourth-order valence-corrected chi connectivity index (χ4v) is 3.57. The minimum absolute atomic E-state index is 0.00221. The summed E-state index contributed by atoms with van der Waals surface area (Å²) in [5, 5.41) is 20.5. The quantitative estimate of drug-likeness (QED) is 0.549. The molecule has 0 spiro atoms. The highest BCUT2D eigenvalue weighted by Crippen LogP contribution is 2.27. The Balaban J connectivity index is 1.44. The van der Waals surface area contributed by atoms with Gasteiger partial charge in [0.1, 0.15) is 5.69 Å². The normalized spacial score (nSPS) is 25.8. The van der Waals surface area contributed by atoms with Crippen LogP contribution in [0, 0.1) is 10.1 Å². The van der Waals surface area contributed by atoms with E-state index in [4.69, 9.17) is 0 Å². The molecule has 1 aromatic carbocycles. The summed E-state index contributed by atoms with van der Waals surface area (Å²) in [4.78, 5) is 22.6. The zero-order valence-electron chi connectivity index (χ0n) is 13.0. The summed E-state index contributed by atoms with van der Waals surface area (Å²) >= 11 is 0. The lowest BCUT2D eigenvalue weighted by Gasteiger charge is -2.29. The van der Waals surface area contributed by atoms with Crippen molar-refractivity contribution in [3.63, 3.8) is 0 Å². The van der Waals surface area contributed by atoms with Gasteiger partial charge in [0.2, 0.25) is 5.91 Å². The van der Waals surface area contributed by atoms with E-state index in [0.717, 1.165) is 12.8 Å². The maximum Gasteiger partial charge on any atom is 0.292 e. The van der Waals surface area contributed by atoms with Crippen molar-refractivity contribution in [2.45, 2.75) is 50.2 Å². The first-order valence-corrected chi connectivity index (χ1v) is 8.14. The zero-order valence-corrected chi connectivity index (χ0v) is 13.0. The third kappa shape index (κ3) is 3.98. The van der Waals surface area contributed by atoms with Crippen LogP contribution in [0.2, 0.25) is 0 Å². The molecule has 7 nitrogen and oxygen atoms in total. The highest BCUT2D eigenvalue weighted by Gasteiger charge is 2.33. The van der Waals surface area contributed by atoms with Crippen LogP contribution in [0.3, 0.4) is 0 Å². The number of carbonyl (C=O) groups excluding carboxylic acids is 1. The van der Waals surface area contributed by atoms with Crippen LogP contribution >= 0.6 is 0 Å². The number of nitro groups is 1. The molecule has 3 rings (SSSR count). The van der Waals surface area contributed by atoms with Crippen molar-refractivity contribution in [2.75, 3.05) is 11.9 Å². The summed E-state index contributed by atoms with van der Waals surface area (Å²) in [5.74, 6) is 0.00221. The van der Waals surface area contributed by atoms with E-state index in [2.05, 4.69) is 16.0 Å². The molecule has 0 radical (unpaired) electrons. The maximum atomic E-state index is 12.0. The molecule has 23 heavy (non-hydrogen) atoms. The van der Waals surface area contributed by atoms with Crippen LogP contribution in [-0.2, 0) is 4.79 Å². The van der Waals surface area contributed by atoms with Gasteiger partial charge in [-0.1, -0.05) is 12.1 Å². The van der Waals surface area contributed by atoms with Gasteiger partial charge in [-0.3, -0.25) is 14.9 Å². The Hall–Kier alpha value is -2.15. The Morgan fingerprint density at radius 3 is 2.65 bits per heavy atom. The number of hydrogen-bond acceptors (Lipinski definition) is 5. The van der Waals surface area contributed by atoms with E-state index in [-0.39, 0.29) is 17.6 Å². The van der Waals surface area contributed by atoms with E-state index >= 15 is 0 Å². The van der Waals surface area contributed by atoms with Crippen LogP contribution in [0.5, 0.6) is 0 Å². The van der Waals surface area contributed by atoms with Gasteiger partial charge in [-0.25, -0.2) is 0 Å². The molecule has 3 N–H and O–H groups in total. The van der Waals surface area contributed by atoms with Crippen LogP contribution in [0.4, 0.5) is 11.4 Å². The van der Waals surface area contributed by atoms with Crippen molar-refractivity contribution in [1.29, 1.82) is 0 Å². The number of nitrogens with zero attached hydrogens (tertiary/aromatic N) is 1. The first kappa shape index (κ1) is 15.7. The topological polar surface area (TPSA) is 96.3 Å². The van der Waals surface area contributed by atoms with E-state index in [9.17, 15) is 14.9 Å². The second kappa shape index (κ2) is 6.95. The van der Waals surface area contributed by atoms with Crippen LogP contribution in [-0.4, -0.2) is 35.5 Å². The molecule has 1 amide bonds. The molecule has 2 unspecified atom stereocenters. The summed E-state index contributed by atoms with van der Waals surface area (Å²) in [6.07, 6.45) is 4.72. The van der Waals surface area contributed by atoms with Crippen molar-refractivity contribution >= 4 is 17.3 Å². The molecule has 2 atom stereocenters. The Bertz CT molecular complexity index is 580. The second-order valence-corrected chi connectivity index (χ2v) is 6.32. The fourth-order valence-electron chi connectivity index (χ4n) is 3.57. The molecular weight excluding hydrogens is 296 g/mol. The van der Waals surface area contributed by atoms with Crippen molar-refractivity contribution in [1.82, 2.24) is 10.6 Å². The number of carbonyl (C=O) groups is 1. The number of nitro benzene ring substituents is 1. The Morgan fingerprint density at radius 2 is 1.96 bits per heavy atom.